The molecule has 0 spiro atoms. The van der Waals surface area contributed by atoms with Gasteiger partial charge in [-0.25, -0.2) is 0 Å². The maximum atomic E-state index is 5.01. The van der Waals surface area contributed by atoms with Crippen LogP contribution in [0.1, 0.15) is 6.92 Å². The number of aromatic nitrogens is 3. The van der Waals surface area contributed by atoms with Crippen molar-refractivity contribution in [3.63, 3.8) is 0 Å². The molecule has 0 bridgehead atoms. The molecule has 0 radical (unpaired) electrons. The second kappa shape index (κ2) is 3.77. The topological polar surface area (TPSA) is 47.9 Å². The van der Waals surface area contributed by atoms with Gasteiger partial charge < -0.3 is 4.74 Å². The first-order chi connectivity index (χ1) is 5.22. The lowest BCUT2D eigenvalue weighted by Crippen LogP contribution is -1.99. The molecule has 1 heterocycles. The van der Waals surface area contributed by atoms with E-state index in [0.717, 1.165) is 0 Å². The molecule has 0 aromatic carbocycles. The largest absolute Gasteiger partial charge is 0.464 e. The van der Waals surface area contributed by atoms with E-state index in [1.807, 2.05) is 6.92 Å². The monoisotopic (exact) mass is 189 g/mol. The third kappa shape index (κ3) is 2.55. The number of thiol groups is 2. The van der Waals surface area contributed by atoms with Crippen molar-refractivity contribution < 1.29 is 4.74 Å². The summed E-state index contributed by atoms with van der Waals surface area (Å²) < 4.78 is 5.01. The van der Waals surface area contributed by atoms with Crippen molar-refractivity contribution >= 4 is 25.3 Å². The standard InChI is InChI=1S/C5H7N3OS2/c1-2-9-3-6-4(10)8-5(11)7-3/h2H2,1H3,(H2,6,7,8,10,11). The lowest BCUT2D eigenvalue weighted by atomic mass is 10.9. The van der Waals surface area contributed by atoms with Crippen molar-refractivity contribution in [3.8, 4) is 6.01 Å². The van der Waals surface area contributed by atoms with Crippen LogP contribution in [0.15, 0.2) is 10.3 Å². The van der Waals surface area contributed by atoms with Gasteiger partial charge in [-0.3, -0.25) is 0 Å². The number of hydrogen-bond acceptors (Lipinski definition) is 6. The van der Waals surface area contributed by atoms with Gasteiger partial charge in [-0.05, 0) is 6.92 Å². The van der Waals surface area contributed by atoms with E-state index in [9.17, 15) is 0 Å². The molecule has 1 aromatic rings. The summed E-state index contributed by atoms with van der Waals surface area (Å²) in [6.45, 7) is 2.37. The summed E-state index contributed by atoms with van der Waals surface area (Å²) in [6.07, 6.45) is 0. The Kier molecular flexibility index (Phi) is 2.95. The van der Waals surface area contributed by atoms with Crippen LogP contribution in [0, 0.1) is 0 Å². The van der Waals surface area contributed by atoms with Crippen LogP contribution < -0.4 is 4.74 Å². The number of hydrogen-bond donors (Lipinski definition) is 2. The minimum absolute atomic E-state index is 0.262. The fourth-order valence-corrected chi connectivity index (χ4v) is 0.969. The molecule has 0 amide bonds. The first-order valence-electron chi connectivity index (χ1n) is 2.99. The highest BCUT2D eigenvalue weighted by Crippen LogP contribution is 2.08. The molecule has 60 valence electrons. The van der Waals surface area contributed by atoms with Crippen molar-refractivity contribution in [2.45, 2.75) is 17.2 Å². The molecule has 0 fully saturated rings. The molecule has 0 atom stereocenters. The molecule has 0 aliphatic carbocycles. The zero-order valence-electron chi connectivity index (χ0n) is 5.85. The highest BCUT2D eigenvalue weighted by atomic mass is 32.1. The van der Waals surface area contributed by atoms with Gasteiger partial charge in [0.1, 0.15) is 0 Å². The summed E-state index contributed by atoms with van der Waals surface area (Å²) in [5.41, 5.74) is 0. The second-order valence-corrected chi connectivity index (χ2v) is 2.45. The number of ether oxygens (including phenoxy) is 1. The summed E-state index contributed by atoms with van der Waals surface area (Å²) in [7, 11) is 0. The zero-order chi connectivity index (χ0) is 8.27. The fraction of sp³-hybridized carbons (Fsp3) is 0.400. The van der Waals surface area contributed by atoms with Crippen LogP contribution in [0.4, 0.5) is 0 Å². The molecule has 4 nitrogen and oxygen atoms in total. The average molecular weight is 189 g/mol. The highest BCUT2D eigenvalue weighted by molar-refractivity contribution is 7.80. The molecular formula is C5H7N3OS2. The predicted octanol–water partition coefficient (Wildman–Crippen LogP) is 0.848. The third-order valence-electron chi connectivity index (χ3n) is 0.865. The van der Waals surface area contributed by atoms with Crippen LogP contribution in [0.5, 0.6) is 6.01 Å². The van der Waals surface area contributed by atoms with Gasteiger partial charge in [0, 0.05) is 0 Å². The Hall–Kier alpha value is -0.490. The van der Waals surface area contributed by atoms with Gasteiger partial charge in [-0.15, -0.1) is 25.3 Å². The van der Waals surface area contributed by atoms with E-state index in [4.69, 9.17) is 4.74 Å². The van der Waals surface area contributed by atoms with E-state index >= 15 is 0 Å². The summed E-state index contributed by atoms with van der Waals surface area (Å²) in [5.74, 6) is 0. The van der Waals surface area contributed by atoms with Gasteiger partial charge in [-0.1, -0.05) is 0 Å². The zero-order valence-corrected chi connectivity index (χ0v) is 7.64. The molecule has 0 aliphatic heterocycles. The van der Waals surface area contributed by atoms with E-state index in [1.165, 1.54) is 0 Å². The molecule has 0 aliphatic rings. The van der Waals surface area contributed by atoms with Crippen molar-refractivity contribution in [2.75, 3.05) is 6.61 Å². The lowest BCUT2D eigenvalue weighted by molar-refractivity contribution is 0.303. The van der Waals surface area contributed by atoms with Crippen LogP contribution in [0.2, 0.25) is 0 Å². The van der Waals surface area contributed by atoms with E-state index in [2.05, 4.69) is 40.2 Å². The molecule has 0 saturated heterocycles. The Morgan fingerprint density at radius 1 is 1.18 bits per heavy atom. The SMILES string of the molecule is CCOc1nc(S)nc(S)n1. The summed E-state index contributed by atoms with van der Waals surface area (Å²) in [5, 5.41) is 0.627. The van der Waals surface area contributed by atoms with Gasteiger partial charge in [0.25, 0.3) is 0 Å². The second-order valence-electron chi connectivity index (χ2n) is 1.65. The lowest BCUT2D eigenvalue weighted by Gasteiger charge is -2.00. The molecule has 6 heteroatoms. The van der Waals surface area contributed by atoms with Crippen LogP contribution in [0.25, 0.3) is 0 Å². The molecule has 0 N–H and O–H groups in total. The van der Waals surface area contributed by atoms with Gasteiger partial charge in [0.15, 0.2) is 10.3 Å². The minimum atomic E-state index is 0.262. The third-order valence-corrected chi connectivity index (χ3v) is 1.26. The average Bonchev–Trinajstić information content (AvgIpc) is 1.85. The van der Waals surface area contributed by atoms with Crippen molar-refractivity contribution in [1.82, 2.24) is 15.0 Å². The van der Waals surface area contributed by atoms with Gasteiger partial charge in [-0.2, -0.15) is 15.0 Å². The highest BCUT2D eigenvalue weighted by Gasteiger charge is 2.00. The van der Waals surface area contributed by atoms with Gasteiger partial charge in [0.05, 0.1) is 6.61 Å². The fourth-order valence-electron chi connectivity index (χ4n) is 0.529. The first-order valence-corrected chi connectivity index (χ1v) is 3.88. The van der Waals surface area contributed by atoms with Gasteiger partial charge >= 0.3 is 6.01 Å². The molecule has 1 rings (SSSR count). The molecule has 0 unspecified atom stereocenters. The maximum absolute atomic E-state index is 5.01. The van der Waals surface area contributed by atoms with Gasteiger partial charge in [0.2, 0.25) is 0 Å². The normalized spacial score (nSPS) is 9.73. The Bertz CT molecular complexity index is 235. The van der Waals surface area contributed by atoms with E-state index < -0.39 is 0 Å². The van der Waals surface area contributed by atoms with Crippen LogP contribution in [0.3, 0.4) is 0 Å². The Labute approximate surface area is 75.2 Å². The molecule has 1 aromatic heterocycles. The van der Waals surface area contributed by atoms with Crippen LogP contribution >= 0.6 is 25.3 Å². The molecule has 11 heavy (non-hydrogen) atoms. The Morgan fingerprint density at radius 2 is 1.73 bits per heavy atom. The maximum Gasteiger partial charge on any atom is 0.321 e. The number of rotatable bonds is 2. The predicted molar refractivity (Wildman–Crippen MR) is 45.5 cm³/mol. The summed E-state index contributed by atoms with van der Waals surface area (Å²) >= 11 is 7.85. The van der Waals surface area contributed by atoms with Crippen LogP contribution in [-0.4, -0.2) is 21.6 Å². The Morgan fingerprint density at radius 3 is 2.18 bits per heavy atom. The van der Waals surface area contributed by atoms with E-state index in [0.29, 0.717) is 16.9 Å². The summed E-state index contributed by atoms with van der Waals surface area (Å²) in [4.78, 5) is 11.3. The number of nitrogens with zero attached hydrogens (tertiary/aromatic N) is 3. The molecular weight excluding hydrogens is 182 g/mol. The molecule has 0 saturated carbocycles. The Balaban J connectivity index is 2.89. The van der Waals surface area contributed by atoms with Crippen molar-refractivity contribution in [3.05, 3.63) is 0 Å². The van der Waals surface area contributed by atoms with Crippen molar-refractivity contribution in [2.24, 2.45) is 0 Å². The quantitative estimate of drug-likeness (QED) is 0.677. The van der Waals surface area contributed by atoms with Crippen LogP contribution in [-0.2, 0) is 0 Å². The van der Waals surface area contributed by atoms with E-state index in [1.54, 1.807) is 0 Å². The summed E-state index contributed by atoms with van der Waals surface area (Å²) in [6, 6.07) is 0.262. The first kappa shape index (κ1) is 8.61. The van der Waals surface area contributed by atoms with E-state index in [-0.39, 0.29) is 6.01 Å². The van der Waals surface area contributed by atoms with Crippen molar-refractivity contribution in [1.29, 1.82) is 0 Å². The minimum Gasteiger partial charge on any atom is -0.464 e. The smallest absolute Gasteiger partial charge is 0.321 e.